The van der Waals surface area contributed by atoms with Crippen molar-refractivity contribution in [2.75, 3.05) is 13.2 Å². The van der Waals surface area contributed by atoms with Gasteiger partial charge in [-0.2, -0.15) is 0 Å². The molecular weight excluding hydrogens is 432 g/mol. The maximum Gasteiger partial charge on any atom is 0.508 e. The van der Waals surface area contributed by atoms with E-state index in [1.165, 1.54) is 38.5 Å². The Kier molecular flexibility index (Phi) is 17.8. The van der Waals surface area contributed by atoms with E-state index in [4.69, 9.17) is 18.9 Å². The standard InChI is InChI=1S/C28H52O6/c1-5-7-18-24(6-2)22-32-28(30)34-26-20-15-14-19-25(26)33-27(29)31-21-16-12-10-8-9-11-13-17-23(3)4/h23-26H,5-22H2,1-4H3. The van der Waals surface area contributed by atoms with E-state index < -0.39 is 24.5 Å². The third-order valence-electron chi connectivity index (χ3n) is 6.76. The molecule has 0 aromatic heterocycles. The van der Waals surface area contributed by atoms with E-state index in [0.717, 1.165) is 57.3 Å². The second kappa shape index (κ2) is 19.8. The lowest BCUT2D eigenvalue weighted by Gasteiger charge is -2.30. The van der Waals surface area contributed by atoms with Crippen LogP contribution in [-0.2, 0) is 18.9 Å². The normalized spacial score (nSPS) is 19.0. The molecule has 3 atom stereocenters. The van der Waals surface area contributed by atoms with Gasteiger partial charge in [0.05, 0.1) is 13.2 Å². The number of carbonyl (C=O) groups is 2. The molecule has 0 saturated heterocycles. The van der Waals surface area contributed by atoms with Gasteiger partial charge in [-0.15, -0.1) is 0 Å². The van der Waals surface area contributed by atoms with E-state index >= 15 is 0 Å². The fraction of sp³-hybridized carbons (Fsp3) is 0.929. The summed E-state index contributed by atoms with van der Waals surface area (Å²) in [7, 11) is 0. The van der Waals surface area contributed by atoms with Crippen molar-refractivity contribution in [2.24, 2.45) is 11.8 Å². The Bertz CT molecular complexity index is 521. The highest BCUT2D eigenvalue weighted by Crippen LogP contribution is 2.25. The fourth-order valence-electron chi connectivity index (χ4n) is 4.43. The first kappa shape index (κ1) is 30.6. The van der Waals surface area contributed by atoms with Gasteiger partial charge in [0.15, 0.2) is 0 Å². The molecule has 1 rings (SSSR count). The van der Waals surface area contributed by atoms with Crippen LogP contribution in [0.4, 0.5) is 9.59 Å². The van der Waals surface area contributed by atoms with Crippen molar-refractivity contribution in [3.63, 3.8) is 0 Å². The third-order valence-corrected chi connectivity index (χ3v) is 6.76. The van der Waals surface area contributed by atoms with Gasteiger partial charge in [0.2, 0.25) is 0 Å². The summed E-state index contributed by atoms with van der Waals surface area (Å²) in [4.78, 5) is 24.3. The highest BCUT2D eigenvalue weighted by Gasteiger charge is 2.32. The van der Waals surface area contributed by atoms with Gasteiger partial charge in [0.25, 0.3) is 0 Å². The van der Waals surface area contributed by atoms with Crippen LogP contribution < -0.4 is 0 Å². The van der Waals surface area contributed by atoms with E-state index in [-0.39, 0.29) is 0 Å². The van der Waals surface area contributed by atoms with Gasteiger partial charge >= 0.3 is 12.3 Å². The van der Waals surface area contributed by atoms with Gasteiger partial charge in [-0.25, -0.2) is 9.59 Å². The van der Waals surface area contributed by atoms with Crippen LogP contribution in [0, 0.1) is 11.8 Å². The van der Waals surface area contributed by atoms with Crippen molar-refractivity contribution in [1.29, 1.82) is 0 Å². The van der Waals surface area contributed by atoms with Crippen molar-refractivity contribution < 1.29 is 28.5 Å². The number of rotatable bonds is 18. The SMILES string of the molecule is CCCCC(CC)COC(=O)OC1CCCCC1OC(=O)OCCCCCCCCCC(C)C. The molecule has 0 heterocycles. The molecule has 1 aliphatic carbocycles. The molecule has 34 heavy (non-hydrogen) atoms. The van der Waals surface area contributed by atoms with Crippen LogP contribution in [0.3, 0.4) is 0 Å². The van der Waals surface area contributed by atoms with Gasteiger partial charge in [-0.05, 0) is 50.4 Å². The van der Waals surface area contributed by atoms with Crippen LogP contribution in [0.5, 0.6) is 0 Å². The first-order chi connectivity index (χ1) is 16.5. The molecule has 1 fully saturated rings. The van der Waals surface area contributed by atoms with Crippen molar-refractivity contribution >= 4 is 12.3 Å². The molecule has 0 amide bonds. The van der Waals surface area contributed by atoms with Crippen molar-refractivity contribution in [2.45, 2.75) is 143 Å². The molecule has 1 saturated carbocycles. The van der Waals surface area contributed by atoms with Crippen LogP contribution in [0.1, 0.15) is 130 Å². The van der Waals surface area contributed by atoms with Crippen molar-refractivity contribution in [3.8, 4) is 0 Å². The van der Waals surface area contributed by atoms with E-state index in [1.807, 2.05) is 0 Å². The number of ether oxygens (including phenoxy) is 4. The van der Waals surface area contributed by atoms with Gasteiger partial charge in [-0.3, -0.25) is 0 Å². The second-order valence-electron chi connectivity index (χ2n) is 10.3. The van der Waals surface area contributed by atoms with E-state index in [0.29, 0.717) is 32.0 Å². The number of hydrogen-bond donors (Lipinski definition) is 0. The van der Waals surface area contributed by atoms with E-state index in [9.17, 15) is 9.59 Å². The van der Waals surface area contributed by atoms with Crippen LogP contribution in [0.25, 0.3) is 0 Å². The Hall–Kier alpha value is -1.46. The highest BCUT2D eigenvalue weighted by atomic mass is 16.8. The minimum absolute atomic E-state index is 0.366. The molecule has 6 nitrogen and oxygen atoms in total. The van der Waals surface area contributed by atoms with Crippen LogP contribution >= 0.6 is 0 Å². The molecule has 6 heteroatoms. The van der Waals surface area contributed by atoms with Gasteiger partial charge < -0.3 is 18.9 Å². The molecule has 0 bridgehead atoms. The van der Waals surface area contributed by atoms with Crippen molar-refractivity contribution in [1.82, 2.24) is 0 Å². The number of unbranched alkanes of at least 4 members (excludes halogenated alkanes) is 7. The predicted molar refractivity (Wildman–Crippen MR) is 136 cm³/mol. The summed E-state index contributed by atoms with van der Waals surface area (Å²) in [6.45, 7) is 9.58. The summed E-state index contributed by atoms with van der Waals surface area (Å²) < 4.78 is 21.6. The number of carbonyl (C=O) groups excluding carboxylic acids is 2. The monoisotopic (exact) mass is 484 g/mol. The van der Waals surface area contributed by atoms with E-state index in [2.05, 4.69) is 27.7 Å². The summed E-state index contributed by atoms with van der Waals surface area (Å²) in [5, 5.41) is 0. The van der Waals surface area contributed by atoms with Crippen molar-refractivity contribution in [3.05, 3.63) is 0 Å². The summed E-state index contributed by atoms with van der Waals surface area (Å²) in [6, 6.07) is 0. The highest BCUT2D eigenvalue weighted by molar-refractivity contribution is 5.61. The largest absolute Gasteiger partial charge is 0.508 e. The molecule has 200 valence electrons. The topological polar surface area (TPSA) is 71.1 Å². The Balaban J connectivity index is 2.18. The molecule has 0 radical (unpaired) electrons. The Morgan fingerprint density at radius 3 is 1.85 bits per heavy atom. The average molecular weight is 485 g/mol. The Morgan fingerprint density at radius 2 is 1.29 bits per heavy atom. The molecule has 0 aromatic rings. The first-order valence-electron chi connectivity index (χ1n) is 14.1. The maximum atomic E-state index is 12.2. The lowest BCUT2D eigenvalue weighted by molar-refractivity contribution is -0.0730. The van der Waals surface area contributed by atoms with Crippen LogP contribution in [0.15, 0.2) is 0 Å². The minimum atomic E-state index is -0.659. The van der Waals surface area contributed by atoms with Crippen LogP contribution in [0.2, 0.25) is 0 Å². The quantitative estimate of drug-likeness (QED) is 0.143. The molecule has 0 aromatic carbocycles. The number of hydrogen-bond acceptors (Lipinski definition) is 6. The third kappa shape index (κ3) is 15.4. The lowest BCUT2D eigenvalue weighted by atomic mass is 9.95. The summed E-state index contributed by atoms with van der Waals surface area (Å²) >= 11 is 0. The Labute approximate surface area is 208 Å². The molecule has 1 aliphatic rings. The zero-order chi connectivity index (χ0) is 25.0. The summed E-state index contributed by atoms with van der Waals surface area (Å²) in [5.74, 6) is 1.17. The van der Waals surface area contributed by atoms with Gasteiger partial charge in [0, 0.05) is 0 Å². The second-order valence-corrected chi connectivity index (χ2v) is 10.3. The molecule has 0 aliphatic heterocycles. The van der Waals surface area contributed by atoms with Gasteiger partial charge in [0.1, 0.15) is 12.2 Å². The molecule has 3 unspecified atom stereocenters. The lowest BCUT2D eigenvalue weighted by Crippen LogP contribution is -2.38. The molecular formula is C28H52O6. The van der Waals surface area contributed by atoms with E-state index in [1.54, 1.807) is 0 Å². The summed E-state index contributed by atoms with van der Waals surface area (Å²) in [5.41, 5.74) is 0. The zero-order valence-electron chi connectivity index (χ0n) is 22.5. The molecule has 0 N–H and O–H groups in total. The average Bonchev–Trinajstić information content (AvgIpc) is 2.81. The first-order valence-corrected chi connectivity index (χ1v) is 14.1. The van der Waals surface area contributed by atoms with Gasteiger partial charge in [-0.1, -0.05) is 91.9 Å². The fourth-order valence-corrected chi connectivity index (χ4v) is 4.43. The summed E-state index contributed by atoms with van der Waals surface area (Å²) in [6.07, 6.45) is 14.9. The zero-order valence-corrected chi connectivity index (χ0v) is 22.5. The predicted octanol–water partition coefficient (Wildman–Crippen LogP) is 8.60. The minimum Gasteiger partial charge on any atom is -0.434 e. The Morgan fingerprint density at radius 1 is 0.735 bits per heavy atom. The maximum absolute atomic E-state index is 12.2. The smallest absolute Gasteiger partial charge is 0.434 e. The molecule has 0 spiro atoms. The van der Waals surface area contributed by atoms with Crippen LogP contribution in [-0.4, -0.2) is 37.7 Å².